The Morgan fingerprint density at radius 1 is 1.61 bits per heavy atom. The number of rotatable bonds is 5. The summed E-state index contributed by atoms with van der Waals surface area (Å²) in [6.07, 6.45) is 6.85. The maximum absolute atomic E-state index is 11.2. The van der Waals surface area contributed by atoms with E-state index in [0.717, 1.165) is 13.1 Å². The van der Waals surface area contributed by atoms with Crippen LogP contribution in [0.1, 0.15) is 36.2 Å². The first-order valence-corrected chi connectivity index (χ1v) is 6.32. The molecule has 0 atom stereocenters. The van der Waals surface area contributed by atoms with E-state index in [0.29, 0.717) is 6.04 Å². The number of nitrogen functional groups attached to an aromatic ring is 1. The smallest absolute Gasteiger partial charge is 0.287 e. The van der Waals surface area contributed by atoms with Crippen LogP contribution in [0.3, 0.4) is 0 Å². The highest BCUT2D eigenvalue weighted by molar-refractivity contribution is 5.91. The van der Waals surface area contributed by atoms with Crippen molar-refractivity contribution < 1.29 is 4.79 Å². The molecule has 0 bridgehead atoms. The fourth-order valence-electron chi connectivity index (χ4n) is 2.37. The van der Waals surface area contributed by atoms with Crippen LogP contribution in [0, 0.1) is 0 Å². The number of aromatic nitrogens is 3. The van der Waals surface area contributed by atoms with Gasteiger partial charge in [-0.25, -0.2) is 5.84 Å². The number of hydrazine groups is 1. The van der Waals surface area contributed by atoms with E-state index in [4.69, 9.17) is 5.84 Å². The van der Waals surface area contributed by atoms with E-state index in [9.17, 15) is 4.79 Å². The van der Waals surface area contributed by atoms with E-state index in [-0.39, 0.29) is 5.69 Å². The molecule has 2 rings (SSSR count). The molecule has 1 aliphatic carbocycles. The molecule has 1 saturated carbocycles. The third kappa shape index (κ3) is 3.05. The quantitative estimate of drug-likeness (QED) is 0.429. The van der Waals surface area contributed by atoms with Crippen molar-refractivity contribution >= 4 is 5.91 Å². The molecule has 0 radical (unpaired) electrons. The summed E-state index contributed by atoms with van der Waals surface area (Å²) in [5.74, 6) is 4.62. The van der Waals surface area contributed by atoms with Crippen LogP contribution in [0.25, 0.3) is 0 Å². The van der Waals surface area contributed by atoms with Gasteiger partial charge in [0.1, 0.15) is 0 Å². The minimum absolute atomic E-state index is 0.251. The second-order valence-electron chi connectivity index (χ2n) is 4.76. The highest BCUT2D eigenvalue weighted by Crippen LogP contribution is 2.22. The number of carbonyl (C=O) groups excluding carboxylic acids is 1. The van der Waals surface area contributed by atoms with Crippen molar-refractivity contribution in [3.63, 3.8) is 0 Å². The third-order valence-corrected chi connectivity index (χ3v) is 3.53. The van der Waals surface area contributed by atoms with Gasteiger partial charge in [0.25, 0.3) is 5.91 Å². The molecule has 0 aliphatic heterocycles. The van der Waals surface area contributed by atoms with Crippen LogP contribution in [-0.4, -0.2) is 45.4 Å². The molecular weight excluding hydrogens is 232 g/mol. The number of amides is 1. The van der Waals surface area contributed by atoms with Crippen molar-refractivity contribution in [3.8, 4) is 0 Å². The summed E-state index contributed by atoms with van der Waals surface area (Å²) in [6, 6.07) is 0.695. The Hall–Kier alpha value is -1.47. The van der Waals surface area contributed by atoms with Gasteiger partial charge < -0.3 is 4.90 Å². The monoisotopic (exact) mass is 252 g/mol. The van der Waals surface area contributed by atoms with E-state index in [2.05, 4.69) is 22.3 Å². The summed E-state index contributed by atoms with van der Waals surface area (Å²) in [7, 11) is 2.14. The zero-order valence-corrected chi connectivity index (χ0v) is 10.7. The summed E-state index contributed by atoms with van der Waals surface area (Å²) in [5, 5.41) is 7.67. The predicted molar refractivity (Wildman–Crippen MR) is 66.6 cm³/mol. The lowest BCUT2D eigenvalue weighted by molar-refractivity contribution is 0.0948. The lowest BCUT2D eigenvalue weighted by Crippen LogP contribution is -2.32. The Morgan fingerprint density at radius 3 is 3.00 bits per heavy atom. The molecule has 3 N–H and O–H groups in total. The lowest BCUT2D eigenvalue weighted by atomic mass is 10.2. The summed E-state index contributed by atoms with van der Waals surface area (Å²) in [5.41, 5.74) is 2.29. The fourth-order valence-corrected chi connectivity index (χ4v) is 2.37. The molecule has 18 heavy (non-hydrogen) atoms. The third-order valence-electron chi connectivity index (χ3n) is 3.53. The molecule has 1 aliphatic rings. The average molecular weight is 252 g/mol. The number of nitrogens with one attached hydrogen (secondary N) is 1. The van der Waals surface area contributed by atoms with Crippen LogP contribution in [0.2, 0.25) is 0 Å². The van der Waals surface area contributed by atoms with Gasteiger partial charge in [-0.05, 0) is 19.9 Å². The molecule has 1 heterocycles. The second kappa shape index (κ2) is 5.92. The molecule has 100 valence electrons. The van der Waals surface area contributed by atoms with Gasteiger partial charge in [-0.2, -0.15) is 0 Å². The Morgan fingerprint density at radius 2 is 2.33 bits per heavy atom. The minimum Gasteiger partial charge on any atom is -0.302 e. The van der Waals surface area contributed by atoms with Crippen LogP contribution in [-0.2, 0) is 6.54 Å². The van der Waals surface area contributed by atoms with Gasteiger partial charge in [0.15, 0.2) is 5.69 Å². The first-order chi connectivity index (χ1) is 8.70. The van der Waals surface area contributed by atoms with Gasteiger partial charge in [0, 0.05) is 12.6 Å². The molecule has 1 aromatic rings. The number of carbonyl (C=O) groups is 1. The molecule has 0 saturated heterocycles. The van der Waals surface area contributed by atoms with Gasteiger partial charge in [-0.3, -0.25) is 14.9 Å². The number of hydrogen-bond donors (Lipinski definition) is 2. The maximum atomic E-state index is 11.2. The van der Waals surface area contributed by atoms with Gasteiger partial charge in [-0.15, -0.1) is 5.10 Å². The van der Waals surface area contributed by atoms with E-state index in [1.807, 2.05) is 5.43 Å². The normalized spacial score (nSPS) is 16.4. The molecule has 1 aromatic heterocycles. The number of likely N-dealkylation sites (N-methyl/N-ethyl adjacent to an activating group) is 1. The molecule has 7 nitrogen and oxygen atoms in total. The Balaban J connectivity index is 1.82. The Bertz CT molecular complexity index is 398. The van der Waals surface area contributed by atoms with Crippen LogP contribution >= 0.6 is 0 Å². The van der Waals surface area contributed by atoms with Crippen molar-refractivity contribution in [1.29, 1.82) is 0 Å². The Kier molecular flexibility index (Phi) is 4.27. The highest BCUT2D eigenvalue weighted by Gasteiger charge is 2.19. The van der Waals surface area contributed by atoms with Gasteiger partial charge in [-0.1, -0.05) is 18.1 Å². The first-order valence-electron chi connectivity index (χ1n) is 6.32. The first kappa shape index (κ1) is 13.0. The topological polar surface area (TPSA) is 89.1 Å². The van der Waals surface area contributed by atoms with Gasteiger partial charge >= 0.3 is 0 Å². The van der Waals surface area contributed by atoms with Crippen molar-refractivity contribution in [2.75, 3.05) is 13.6 Å². The maximum Gasteiger partial charge on any atom is 0.287 e. The highest BCUT2D eigenvalue weighted by atomic mass is 16.2. The van der Waals surface area contributed by atoms with E-state index >= 15 is 0 Å². The standard InChI is InChI=1S/C11H20N6O/c1-16(9-4-2-3-5-9)6-7-17-8-10(14-15-17)11(18)13-12/h8-9H,2-7,12H2,1H3,(H,13,18). The summed E-state index contributed by atoms with van der Waals surface area (Å²) in [6.45, 7) is 1.65. The molecular formula is C11H20N6O. The minimum atomic E-state index is -0.412. The van der Waals surface area contributed by atoms with Gasteiger partial charge in [0.2, 0.25) is 0 Å². The second-order valence-corrected chi connectivity index (χ2v) is 4.76. The van der Waals surface area contributed by atoms with E-state index in [1.54, 1.807) is 10.9 Å². The van der Waals surface area contributed by atoms with Crippen molar-refractivity contribution in [1.82, 2.24) is 25.3 Å². The van der Waals surface area contributed by atoms with Crippen LogP contribution in [0.5, 0.6) is 0 Å². The lowest BCUT2D eigenvalue weighted by Gasteiger charge is -2.23. The molecule has 0 aromatic carbocycles. The average Bonchev–Trinajstić information content (AvgIpc) is 3.05. The largest absolute Gasteiger partial charge is 0.302 e. The van der Waals surface area contributed by atoms with Crippen LogP contribution in [0.4, 0.5) is 0 Å². The van der Waals surface area contributed by atoms with Crippen molar-refractivity contribution in [2.45, 2.75) is 38.3 Å². The predicted octanol–water partition coefficient (Wildman–Crippen LogP) is -0.244. The zero-order chi connectivity index (χ0) is 13.0. The molecule has 1 fully saturated rings. The fraction of sp³-hybridized carbons (Fsp3) is 0.727. The molecule has 0 spiro atoms. The zero-order valence-electron chi connectivity index (χ0n) is 10.7. The van der Waals surface area contributed by atoms with Crippen molar-refractivity contribution in [2.24, 2.45) is 5.84 Å². The molecule has 1 amide bonds. The SMILES string of the molecule is CN(CCn1cc(C(=O)NN)nn1)C1CCCC1. The van der Waals surface area contributed by atoms with E-state index in [1.165, 1.54) is 25.7 Å². The number of hydrogen-bond acceptors (Lipinski definition) is 5. The number of nitrogens with zero attached hydrogens (tertiary/aromatic N) is 4. The summed E-state index contributed by atoms with van der Waals surface area (Å²) < 4.78 is 1.68. The summed E-state index contributed by atoms with van der Waals surface area (Å²) in [4.78, 5) is 13.6. The molecule has 0 unspecified atom stereocenters. The van der Waals surface area contributed by atoms with Crippen molar-refractivity contribution in [3.05, 3.63) is 11.9 Å². The van der Waals surface area contributed by atoms with Crippen LogP contribution in [0.15, 0.2) is 6.20 Å². The Labute approximate surface area is 106 Å². The van der Waals surface area contributed by atoms with Gasteiger partial charge in [0.05, 0.1) is 12.7 Å². The van der Waals surface area contributed by atoms with E-state index < -0.39 is 5.91 Å². The molecule has 7 heteroatoms. The summed E-state index contributed by atoms with van der Waals surface area (Å²) >= 11 is 0. The number of nitrogens with two attached hydrogens (primary N) is 1. The van der Waals surface area contributed by atoms with Crippen LogP contribution < -0.4 is 11.3 Å².